The normalized spacial score (nSPS) is 15.9. The Morgan fingerprint density at radius 2 is 1.18 bits per heavy atom. The fraction of sp³-hybridized carbons (Fsp3) is 0.0526. The Labute approximate surface area is 361 Å². The van der Waals surface area contributed by atoms with Crippen LogP contribution in [0.4, 0.5) is 11.4 Å². The zero-order valence-corrected chi connectivity index (χ0v) is 34.2. The van der Waals surface area contributed by atoms with Gasteiger partial charge in [0.2, 0.25) is 0 Å². The Bertz CT molecular complexity index is 3270. The van der Waals surface area contributed by atoms with Crippen molar-refractivity contribution >= 4 is 38.8 Å². The van der Waals surface area contributed by atoms with Crippen LogP contribution in [-0.2, 0) is 0 Å². The van der Waals surface area contributed by atoms with Gasteiger partial charge in [0.1, 0.15) is 0 Å². The Kier molecular flexibility index (Phi) is 9.47. The van der Waals surface area contributed by atoms with E-state index in [2.05, 4.69) is 233 Å². The molecule has 1 aliphatic carbocycles. The van der Waals surface area contributed by atoms with Crippen LogP contribution < -0.4 is 4.90 Å². The first-order chi connectivity index (χ1) is 30.7. The third-order valence-corrected chi connectivity index (χ3v) is 12.1. The topological polar surface area (TPSA) is 38.9 Å². The molecule has 11 rings (SSSR count). The molecular weight excluding hydrogens is 755 g/mol. The molecule has 0 saturated carbocycles. The minimum atomic E-state index is 0.354. The molecule has 0 saturated heterocycles. The van der Waals surface area contributed by atoms with Crippen molar-refractivity contribution in [3.63, 3.8) is 0 Å². The van der Waals surface area contributed by atoms with Gasteiger partial charge in [-0.2, -0.15) is 0 Å². The molecule has 1 atom stereocenters. The highest BCUT2D eigenvalue weighted by Gasteiger charge is 2.23. The van der Waals surface area contributed by atoms with Crippen LogP contribution in [-0.4, -0.2) is 25.9 Å². The lowest BCUT2D eigenvalue weighted by atomic mass is 9.92. The number of aromatic nitrogens is 4. The minimum absolute atomic E-state index is 0.354. The summed E-state index contributed by atoms with van der Waals surface area (Å²) in [5.74, 6) is 1.88. The van der Waals surface area contributed by atoms with Crippen LogP contribution in [0.25, 0.3) is 72.7 Å². The van der Waals surface area contributed by atoms with E-state index in [1.165, 1.54) is 33.0 Å². The number of benzene rings is 7. The van der Waals surface area contributed by atoms with Gasteiger partial charge >= 0.3 is 0 Å². The first kappa shape index (κ1) is 37.0. The first-order valence-electron chi connectivity index (χ1n) is 21.3. The Morgan fingerprint density at radius 1 is 0.484 bits per heavy atom. The van der Waals surface area contributed by atoms with E-state index in [1.807, 2.05) is 6.07 Å². The van der Waals surface area contributed by atoms with E-state index in [9.17, 15) is 0 Å². The van der Waals surface area contributed by atoms with Gasteiger partial charge < -0.3 is 9.47 Å². The first-order valence-corrected chi connectivity index (χ1v) is 21.3. The van der Waals surface area contributed by atoms with E-state index < -0.39 is 0 Å². The van der Waals surface area contributed by atoms with Crippen LogP contribution in [0, 0.1) is 0 Å². The number of fused-ring (bicyclic) bond motifs is 4. The number of nitrogens with zero attached hydrogens (tertiary/aromatic N) is 5. The lowest BCUT2D eigenvalue weighted by Gasteiger charge is -2.27. The molecule has 2 aliphatic rings. The van der Waals surface area contributed by atoms with Gasteiger partial charge in [0.25, 0.3) is 0 Å². The molecule has 0 bridgehead atoms. The van der Waals surface area contributed by atoms with Crippen LogP contribution in [0.1, 0.15) is 23.5 Å². The van der Waals surface area contributed by atoms with Crippen molar-refractivity contribution < 1.29 is 0 Å². The van der Waals surface area contributed by atoms with E-state index in [0.29, 0.717) is 12.5 Å². The molecular formula is C57H43N5. The predicted octanol–water partition coefficient (Wildman–Crippen LogP) is 14.2. The molecule has 0 fully saturated rings. The number of hydrogen-bond donors (Lipinski definition) is 0. The van der Waals surface area contributed by atoms with E-state index in [4.69, 9.17) is 10.2 Å². The molecule has 0 radical (unpaired) electrons. The van der Waals surface area contributed by atoms with Crippen LogP contribution in [0.15, 0.2) is 225 Å². The molecule has 62 heavy (non-hydrogen) atoms. The van der Waals surface area contributed by atoms with Crippen LogP contribution in [0.2, 0.25) is 0 Å². The van der Waals surface area contributed by atoms with Crippen molar-refractivity contribution in [1.82, 2.24) is 19.3 Å². The number of hydrogen-bond acceptors (Lipinski definition) is 3. The SMILES string of the molecule is C=C1/C=C\C=C/CN(c2cccc(-c3ccccc3)c2)c2ccc(-c3nnc(-c4ccc5c6ccccc6n(-c6cccc(C7C=CC=CC7)c6)c5c4)n3-c3ccccc3)cc21. The molecule has 0 spiro atoms. The summed E-state index contributed by atoms with van der Waals surface area (Å²) in [5.41, 5.74) is 14.1. The van der Waals surface area contributed by atoms with Crippen molar-refractivity contribution in [1.29, 1.82) is 0 Å². The van der Waals surface area contributed by atoms with E-state index >= 15 is 0 Å². The van der Waals surface area contributed by atoms with Crippen molar-refractivity contribution in [2.45, 2.75) is 12.3 Å². The van der Waals surface area contributed by atoms with Crippen molar-refractivity contribution in [3.8, 4) is 45.3 Å². The fourth-order valence-electron chi connectivity index (χ4n) is 9.09. The summed E-state index contributed by atoms with van der Waals surface area (Å²) in [6.45, 7) is 5.27. The summed E-state index contributed by atoms with van der Waals surface area (Å²) in [6, 6.07) is 60.7. The van der Waals surface area contributed by atoms with Crippen LogP contribution >= 0.6 is 0 Å². The molecule has 1 aliphatic heterocycles. The molecule has 5 nitrogen and oxygen atoms in total. The number of allylic oxidation sites excluding steroid dienone is 8. The van der Waals surface area contributed by atoms with E-state index in [1.54, 1.807) is 0 Å². The second-order valence-corrected chi connectivity index (χ2v) is 15.9. The van der Waals surface area contributed by atoms with Gasteiger partial charge in [-0.05, 0) is 95.4 Å². The quantitative estimate of drug-likeness (QED) is 0.161. The third kappa shape index (κ3) is 6.70. The number of rotatable bonds is 7. The van der Waals surface area contributed by atoms with Gasteiger partial charge in [-0.3, -0.25) is 4.57 Å². The molecule has 3 heterocycles. The van der Waals surface area contributed by atoms with Gasteiger partial charge in [-0.25, -0.2) is 0 Å². The van der Waals surface area contributed by atoms with E-state index in [0.717, 1.165) is 68.6 Å². The van der Waals surface area contributed by atoms with Gasteiger partial charge in [0.05, 0.1) is 11.0 Å². The lowest BCUT2D eigenvalue weighted by molar-refractivity contribution is 0.852. The Balaban J connectivity index is 1.05. The van der Waals surface area contributed by atoms with Gasteiger partial charge in [0.15, 0.2) is 11.6 Å². The highest BCUT2D eigenvalue weighted by Crippen LogP contribution is 2.40. The summed E-state index contributed by atoms with van der Waals surface area (Å²) in [6.07, 6.45) is 18.3. The molecule has 2 aromatic heterocycles. The third-order valence-electron chi connectivity index (χ3n) is 12.1. The average Bonchev–Trinajstić information content (AvgIpc) is 3.95. The molecule has 7 aromatic carbocycles. The Hall–Kier alpha value is -8.02. The minimum Gasteiger partial charge on any atom is -0.337 e. The number of para-hydroxylation sites is 2. The zero-order chi connectivity index (χ0) is 41.4. The number of anilines is 2. The molecule has 0 N–H and O–H groups in total. The summed E-state index contributed by atoms with van der Waals surface area (Å²) in [5, 5.41) is 12.4. The van der Waals surface area contributed by atoms with Crippen molar-refractivity contribution in [2.75, 3.05) is 11.4 Å². The fourth-order valence-corrected chi connectivity index (χ4v) is 9.09. The maximum Gasteiger partial charge on any atom is 0.168 e. The average molecular weight is 798 g/mol. The molecule has 1 unspecified atom stereocenters. The largest absolute Gasteiger partial charge is 0.337 e. The summed E-state index contributed by atoms with van der Waals surface area (Å²) in [4.78, 5) is 2.36. The van der Waals surface area contributed by atoms with Crippen LogP contribution in [0.3, 0.4) is 0 Å². The standard InChI is InChI=1S/C57H43N5/c1-40-18-6-5-15-35-60(48-27-16-23-43(36-48)41-19-7-2-8-20-41)53-34-32-45(38-52(40)53)56-58-59-57(62(56)47-25-11-4-12-26-47)46-31-33-51-50-29-13-14-30-54(50)61(55(51)39-46)49-28-17-24-44(37-49)42-21-9-3-10-22-42/h2-21,23-34,36-39,42H,1,22,35H2/b15-5-,18-6-. The second kappa shape index (κ2) is 15.9. The molecule has 296 valence electrons. The smallest absolute Gasteiger partial charge is 0.168 e. The van der Waals surface area contributed by atoms with Crippen molar-refractivity contribution in [3.05, 3.63) is 236 Å². The molecule has 0 amide bonds. The maximum atomic E-state index is 4.99. The zero-order valence-electron chi connectivity index (χ0n) is 34.2. The highest BCUT2D eigenvalue weighted by molar-refractivity contribution is 6.10. The van der Waals surface area contributed by atoms with E-state index in [-0.39, 0.29) is 0 Å². The molecule has 9 aromatic rings. The lowest BCUT2D eigenvalue weighted by Crippen LogP contribution is -2.18. The van der Waals surface area contributed by atoms with Gasteiger partial charge in [0, 0.05) is 62.7 Å². The maximum absolute atomic E-state index is 4.99. The Morgan fingerprint density at radius 3 is 2.02 bits per heavy atom. The summed E-state index contributed by atoms with van der Waals surface area (Å²) >= 11 is 0. The van der Waals surface area contributed by atoms with Crippen molar-refractivity contribution in [2.24, 2.45) is 0 Å². The molecule has 5 heteroatoms. The summed E-state index contributed by atoms with van der Waals surface area (Å²) < 4.78 is 4.59. The predicted molar refractivity (Wildman–Crippen MR) is 258 cm³/mol. The monoisotopic (exact) mass is 797 g/mol. The van der Waals surface area contributed by atoms with Gasteiger partial charge in [-0.1, -0.05) is 158 Å². The summed E-state index contributed by atoms with van der Waals surface area (Å²) in [7, 11) is 0. The van der Waals surface area contributed by atoms with Gasteiger partial charge in [-0.15, -0.1) is 10.2 Å². The highest BCUT2D eigenvalue weighted by atomic mass is 15.3. The second-order valence-electron chi connectivity index (χ2n) is 15.9. The van der Waals surface area contributed by atoms with Crippen LogP contribution in [0.5, 0.6) is 0 Å².